The number of carbonyl (C=O) groups is 1. The van der Waals surface area contributed by atoms with Gasteiger partial charge in [0.25, 0.3) is 0 Å². The smallest absolute Gasteiger partial charge is 0.235 e. The Morgan fingerprint density at radius 1 is 1.42 bits per heavy atom. The highest BCUT2D eigenvalue weighted by atomic mass is 32.2. The fraction of sp³-hybridized carbons (Fsp3) is 0.462. The first-order chi connectivity index (χ1) is 9.08. The number of ether oxygens (including phenoxy) is 1. The summed E-state index contributed by atoms with van der Waals surface area (Å²) in [5.74, 6) is -0.130. The van der Waals surface area contributed by atoms with Crippen LogP contribution in [0.2, 0.25) is 0 Å². The normalized spacial score (nSPS) is 17.2. The first-order valence-electron chi connectivity index (χ1n) is 6.18. The monoisotopic (exact) mass is 282 g/mol. The van der Waals surface area contributed by atoms with E-state index in [4.69, 9.17) is 10.5 Å². The molecule has 1 heterocycles. The number of hydrogen-bond donors (Lipinski definition) is 1. The molecule has 1 unspecified atom stereocenters. The molecular formula is C13H18N2O3S. The summed E-state index contributed by atoms with van der Waals surface area (Å²) in [4.78, 5) is 14.2. The van der Waals surface area contributed by atoms with Gasteiger partial charge in [0.1, 0.15) is 5.75 Å². The van der Waals surface area contributed by atoms with E-state index >= 15 is 0 Å². The average Bonchev–Trinajstić information content (AvgIpc) is 2.39. The molecule has 1 saturated heterocycles. The number of carbonyl (C=O) groups excluding carboxylic acids is 1. The molecule has 0 aliphatic carbocycles. The summed E-state index contributed by atoms with van der Waals surface area (Å²) in [7, 11) is -1.39. The van der Waals surface area contributed by atoms with E-state index in [0.29, 0.717) is 36.9 Å². The first kappa shape index (κ1) is 14.0. The van der Waals surface area contributed by atoms with Crippen molar-refractivity contribution in [1.82, 2.24) is 4.90 Å². The van der Waals surface area contributed by atoms with Gasteiger partial charge < -0.3 is 15.4 Å². The van der Waals surface area contributed by atoms with Crippen molar-refractivity contribution in [3.8, 4) is 0 Å². The van der Waals surface area contributed by atoms with E-state index in [1.165, 1.54) is 0 Å². The number of hydrogen-bond acceptors (Lipinski definition) is 4. The summed E-state index contributed by atoms with van der Waals surface area (Å²) in [5.41, 5.74) is 7.33. The van der Waals surface area contributed by atoms with E-state index in [0.717, 1.165) is 5.56 Å². The van der Waals surface area contributed by atoms with Crippen LogP contribution in [-0.4, -0.2) is 47.1 Å². The van der Waals surface area contributed by atoms with E-state index < -0.39 is 10.8 Å². The third-order valence-corrected chi connectivity index (χ3v) is 4.40. The largest absolute Gasteiger partial charge is 0.398 e. The maximum Gasteiger partial charge on any atom is 0.235 e. The molecule has 0 radical (unpaired) electrons. The molecule has 1 amide bonds. The van der Waals surface area contributed by atoms with Crippen LogP contribution in [0.4, 0.5) is 5.69 Å². The number of rotatable bonds is 3. The van der Waals surface area contributed by atoms with Crippen molar-refractivity contribution in [2.75, 3.05) is 37.8 Å². The molecule has 0 saturated carbocycles. The number of benzene rings is 1. The minimum Gasteiger partial charge on any atom is -0.398 e. The second kappa shape index (κ2) is 6.16. The zero-order chi connectivity index (χ0) is 13.8. The molecule has 2 N–H and O–H groups in total. The molecule has 1 aliphatic heterocycles. The molecule has 0 spiro atoms. The second-order valence-electron chi connectivity index (χ2n) is 4.52. The number of nitrogen functional groups attached to an aromatic ring is 1. The fourth-order valence-electron chi connectivity index (χ4n) is 1.97. The van der Waals surface area contributed by atoms with Crippen molar-refractivity contribution in [1.29, 1.82) is 0 Å². The first-order valence-corrected chi connectivity index (χ1v) is 7.50. The van der Waals surface area contributed by atoms with E-state index in [-0.39, 0.29) is 11.7 Å². The lowest BCUT2D eigenvalue weighted by Gasteiger charge is -2.26. The molecule has 0 aromatic heterocycles. The number of morpholine rings is 1. The standard InChI is InChI=1S/C13H18N2O3S/c1-10-2-3-12(11(14)8-10)19(17)9-13(16)15-4-6-18-7-5-15/h2-3,8H,4-7,9,14H2,1H3. The SMILES string of the molecule is Cc1ccc(S(=O)CC(=O)N2CCOCC2)c(N)c1. The van der Waals surface area contributed by atoms with Crippen molar-refractivity contribution in [3.63, 3.8) is 0 Å². The van der Waals surface area contributed by atoms with Crippen molar-refractivity contribution >= 4 is 22.4 Å². The summed E-state index contributed by atoms with van der Waals surface area (Å²) in [6.07, 6.45) is 0. The third kappa shape index (κ3) is 3.54. The van der Waals surface area contributed by atoms with Crippen LogP contribution in [0, 0.1) is 6.92 Å². The average molecular weight is 282 g/mol. The lowest BCUT2D eigenvalue weighted by Crippen LogP contribution is -2.42. The lowest BCUT2D eigenvalue weighted by molar-refractivity contribution is -0.132. The van der Waals surface area contributed by atoms with E-state index in [1.807, 2.05) is 13.0 Å². The summed E-state index contributed by atoms with van der Waals surface area (Å²) in [6, 6.07) is 5.35. The minimum atomic E-state index is -1.39. The van der Waals surface area contributed by atoms with Crippen LogP contribution < -0.4 is 5.73 Å². The molecule has 1 aliphatic rings. The Labute approximate surface area is 115 Å². The third-order valence-electron chi connectivity index (χ3n) is 3.03. The molecule has 0 bridgehead atoms. The number of anilines is 1. The van der Waals surface area contributed by atoms with Gasteiger partial charge in [0.15, 0.2) is 0 Å². The molecule has 6 heteroatoms. The number of nitrogens with zero attached hydrogens (tertiary/aromatic N) is 1. The van der Waals surface area contributed by atoms with Gasteiger partial charge in [-0.3, -0.25) is 9.00 Å². The van der Waals surface area contributed by atoms with Gasteiger partial charge in [-0.15, -0.1) is 0 Å². The highest BCUT2D eigenvalue weighted by molar-refractivity contribution is 7.86. The van der Waals surface area contributed by atoms with Gasteiger partial charge in [0.05, 0.1) is 28.9 Å². The molecule has 1 fully saturated rings. The number of aryl methyl sites for hydroxylation is 1. The van der Waals surface area contributed by atoms with Crippen LogP contribution in [0.3, 0.4) is 0 Å². The van der Waals surface area contributed by atoms with Gasteiger partial charge in [-0.25, -0.2) is 0 Å². The molecule has 2 rings (SSSR count). The van der Waals surface area contributed by atoms with Gasteiger partial charge in [0, 0.05) is 18.8 Å². The van der Waals surface area contributed by atoms with Gasteiger partial charge in [-0.1, -0.05) is 6.07 Å². The summed E-state index contributed by atoms with van der Waals surface area (Å²) in [6.45, 7) is 4.15. The Balaban J connectivity index is 2.02. The minimum absolute atomic E-state index is 0.0206. The lowest BCUT2D eigenvalue weighted by atomic mass is 10.2. The molecule has 5 nitrogen and oxygen atoms in total. The highest BCUT2D eigenvalue weighted by Crippen LogP contribution is 2.18. The van der Waals surface area contributed by atoms with Gasteiger partial charge in [-0.2, -0.15) is 0 Å². The van der Waals surface area contributed by atoms with Crippen LogP contribution in [0.25, 0.3) is 0 Å². The van der Waals surface area contributed by atoms with Gasteiger partial charge in [0.2, 0.25) is 5.91 Å². The summed E-state index contributed by atoms with van der Waals surface area (Å²) >= 11 is 0. The molecule has 104 valence electrons. The second-order valence-corrected chi connectivity index (χ2v) is 5.94. The Morgan fingerprint density at radius 2 is 2.11 bits per heavy atom. The zero-order valence-electron chi connectivity index (χ0n) is 10.9. The number of amides is 1. The van der Waals surface area contributed by atoms with Crippen molar-refractivity contribution in [3.05, 3.63) is 23.8 Å². The van der Waals surface area contributed by atoms with Crippen LogP contribution in [0.1, 0.15) is 5.56 Å². The summed E-state index contributed by atoms with van der Waals surface area (Å²) in [5, 5.41) is 0. The van der Waals surface area contributed by atoms with Crippen LogP contribution >= 0.6 is 0 Å². The Bertz CT molecular complexity index is 499. The Morgan fingerprint density at radius 3 is 2.74 bits per heavy atom. The quantitative estimate of drug-likeness (QED) is 0.822. The summed E-state index contributed by atoms with van der Waals surface area (Å²) < 4.78 is 17.4. The van der Waals surface area contributed by atoms with Crippen LogP contribution in [0.15, 0.2) is 23.1 Å². The van der Waals surface area contributed by atoms with E-state index in [9.17, 15) is 9.00 Å². The van der Waals surface area contributed by atoms with Gasteiger partial charge in [-0.05, 0) is 24.6 Å². The van der Waals surface area contributed by atoms with Crippen molar-refractivity contribution in [2.24, 2.45) is 0 Å². The van der Waals surface area contributed by atoms with Gasteiger partial charge >= 0.3 is 0 Å². The van der Waals surface area contributed by atoms with Crippen LogP contribution in [0.5, 0.6) is 0 Å². The Kier molecular flexibility index (Phi) is 4.55. The van der Waals surface area contributed by atoms with Crippen molar-refractivity contribution in [2.45, 2.75) is 11.8 Å². The predicted molar refractivity (Wildman–Crippen MR) is 74.3 cm³/mol. The van der Waals surface area contributed by atoms with Crippen LogP contribution in [-0.2, 0) is 20.3 Å². The number of nitrogens with two attached hydrogens (primary N) is 1. The predicted octanol–water partition coefficient (Wildman–Crippen LogP) is 0.544. The molecule has 1 aromatic rings. The molecule has 1 aromatic carbocycles. The Hall–Kier alpha value is -1.40. The maximum atomic E-state index is 12.2. The highest BCUT2D eigenvalue weighted by Gasteiger charge is 2.20. The molecule has 19 heavy (non-hydrogen) atoms. The maximum absolute atomic E-state index is 12.2. The van der Waals surface area contributed by atoms with E-state index in [2.05, 4.69) is 0 Å². The van der Waals surface area contributed by atoms with E-state index in [1.54, 1.807) is 17.0 Å². The van der Waals surface area contributed by atoms with Crippen molar-refractivity contribution < 1.29 is 13.7 Å². The molecular weight excluding hydrogens is 264 g/mol. The topological polar surface area (TPSA) is 72.6 Å². The molecule has 1 atom stereocenters. The fourth-order valence-corrected chi connectivity index (χ4v) is 3.07. The zero-order valence-corrected chi connectivity index (χ0v) is 11.7.